The maximum absolute atomic E-state index is 12.2. The van der Waals surface area contributed by atoms with Crippen LogP contribution in [0.15, 0.2) is 0 Å². The number of thioether (sulfide) groups is 1. The molecule has 0 radical (unpaired) electrons. The van der Waals surface area contributed by atoms with Crippen LogP contribution in [0.5, 0.6) is 0 Å². The Bertz CT molecular complexity index is 446. The summed E-state index contributed by atoms with van der Waals surface area (Å²) in [6, 6.07) is -1.69. The molecule has 0 saturated carbocycles. The van der Waals surface area contributed by atoms with Crippen LogP contribution in [0, 0.1) is 0 Å². The van der Waals surface area contributed by atoms with Crippen molar-refractivity contribution in [1.29, 1.82) is 0 Å². The minimum atomic E-state index is -1.05. The molecule has 0 aliphatic rings. The molecule has 7 nitrogen and oxygen atoms in total. The molecule has 0 rings (SSSR count). The number of unbranched alkanes of at least 4 members (excludes halogenated alkanes) is 4. The van der Waals surface area contributed by atoms with Crippen LogP contribution >= 0.6 is 11.8 Å². The lowest BCUT2D eigenvalue weighted by atomic mass is 10.1. The Kier molecular flexibility index (Phi) is 15.0. The van der Waals surface area contributed by atoms with E-state index in [1.807, 2.05) is 0 Å². The molecule has 0 bridgehead atoms. The van der Waals surface area contributed by atoms with Gasteiger partial charge >= 0.3 is 17.9 Å². The summed E-state index contributed by atoms with van der Waals surface area (Å²) in [6.45, 7) is 7.59. The number of aliphatic carboxylic acids is 1. The Morgan fingerprint density at radius 2 is 1.56 bits per heavy atom. The lowest BCUT2D eigenvalue weighted by molar-refractivity contribution is -0.146. The fraction of sp³-hybridized carbons (Fsp3) is 0.842. The second-order valence-electron chi connectivity index (χ2n) is 6.31. The van der Waals surface area contributed by atoms with Gasteiger partial charge in [0.1, 0.15) is 17.3 Å². The summed E-state index contributed by atoms with van der Waals surface area (Å²) in [5, 5.41) is 11.5. The maximum atomic E-state index is 12.2. The Hall–Kier alpha value is -1.28. The van der Waals surface area contributed by atoms with Crippen LogP contribution in [0.25, 0.3) is 0 Å². The van der Waals surface area contributed by atoms with Gasteiger partial charge in [0.15, 0.2) is 0 Å². The Balaban J connectivity index is 4.81. The largest absolute Gasteiger partial charge is 0.480 e. The molecule has 8 heteroatoms. The van der Waals surface area contributed by atoms with Crippen molar-refractivity contribution in [3.63, 3.8) is 0 Å². The Morgan fingerprint density at radius 3 is 2.11 bits per heavy atom. The standard InChI is InChI=1S/C19H35NO6S/c1-5-8-9-10-11-12-16(19(24)26-7-3)27-13-15(18(23)25-6-2)20-14(4)17(21)22/h14-16,20H,5-13H2,1-4H3,(H,21,22)/t14-,15-,16?/m0/s1. The molecule has 0 saturated heterocycles. The summed E-state index contributed by atoms with van der Waals surface area (Å²) in [7, 11) is 0. The summed E-state index contributed by atoms with van der Waals surface area (Å²) in [6.07, 6.45) is 6.13. The number of ether oxygens (including phenoxy) is 2. The van der Waals surface area contributed by atoms with Crippen molar-refractivity contribution >= 4 is 29.7 Å². The zero-order valence-corrected chi connectivity index (χ0v) is 17.8. The summed E-state index contributed by atoms with van der Waals surface area (Å²) < 4.78 is 10.2. The minimum absolute atomic E-state index is 0.210. The number of hydrogen-bond donors (Lipinski definition) is 2. The second-order valence-corrected chi connectivity index (χ2v) is 7.54. The van der Waals surface area contributed by atoms with E-state index < -0.39 is 24.0 Å². The molecule has 0 spiro atoms. The van der Waals surface area contributed by atoms with E-state index in [4.69, 9.17) is 14.6 Å². The van der Waals surface area contributed by atoms with Gasteiger partial charge in [-0.1, -0.05) is 39.0 Å². The van der Waals surface area contributed by atoms with E-state index in [0.29, 0.717) is 13.0 Å². The lowest BCUT2D eigenvalue weighted by Crippen LogP contribution is -2.48. The summed E-state index contributed by atoms with van der Waals surface area (Å²) in [5.41, 5.74) is 0. The van der Waals surface area contributed by atoms with Crippen molar-refractivity contribution in [3.05, 3.63) is 0 Å². The molecule has 0 fully saturated rings. The first kappa shape index (κ1) is 25.7. The van der Waals surface area contributed by atoms with Gasteiger partial charge in [-0.25, -0.2) is 0 Å². The predicted molar refractivity (Wildman–Crippen MR) is 107 cm³/mol. The van der Waals surface area contributed by atoms with E-state index in [2.05, 4.69) is 12.2 Å². The highest BCUT2D eigenvalue weighted by Gasteiger charge is 2.28. The van der Waals surface area contributed by atoms with Gasteiger partial charge in [-0.15, -0.1) is 11.8 Å². The van der Waals surface area contributed by atoms with Crippen molar-refractivity contribution in [1.82, 2.24) is 5.32 Å². The number of rotatable bonds is 16. The highest BCUT2D eigenvalue weighted by atomic mass is 32.2. The molecule has 1 unspecified atom stereocenters. The molecule has 0 heterocycles. The number of carboxylic acid groups (broad SMARTS) is 1. The molecule has 0 aromatic rings. The van der Waals surface area contributed by atoms with Crippen molar-refractivity contribution in [3.8, 4) is 0 Å². The number of carbonyl (C=O) groups excluding carboxylic acids is 2. The lowest BCUT2D eigenvalue weighted by Gasteiger charge is -2.22. The van der Waals surface area contributed by atoms with Gasteiger partial charge in [0, 0.05) is 5.75 Å². The van der Waals surface area contributed by atoms with Crippen LogP contribution in [-0.2, 0) is 23.9 Å². The zero-order valence-electron chi connectivity index (χ0n) is 17.0. The van der Waals surface area contributed by atoms with Crippen LogP contribution in [0.1, 0.15) is 66.2 Å². The molecule has 0 aliphatic heterocycles. The third kappa shape index (κ3) is 11.9. The van der Waals surface area contributed by atoms with Gasteiger partial charge in [0.2, 0.25) is 0 Å². The SMILES string of the molecule is CCCCCCCC(SC[C@H](N[C@@H](C)C(=O)O)C(=O)OCC)C(=O)OCC. The van der Waals surface area contributed by atoms with Gasteiger partial charge in [0.25, 0.3) is 0 Å². The van der Waals surface area contributed by atoms with Gasteiger partial charge < -0.3 is 14.6 Å². The van der Waals surface area contributed by atoms with Gasteiger partial charge in [-0.05, 0) is 27.2 Å². The number of nitrogens with one attached hydrogen (secondary N) is 1. The summed E-state index contributed by atoms with van der Waals surface area (Å²) in [5.74, 6) is -1.60. The van der Waals surface area contributed by atoms with E-state index in [1.165, 1.54) is 25.1 Å². The molecule has 158 valence electrons. The fourth-order valence-corrected chi connectivity index (χ4v) is 3.64. The first-order valence-electron chi connectivity index (χ1n) is 9.80. The highest BCUT2D eigenvalue weighted by Crippen LogP contribution is 2.21. The van der Waals surface area contributed by atoms with Crippen LogP contribution in [0.3, 0.4) is 0 Å². The van der Waals surface area contributed by atoms with Gasteiger partial charge in [-0.3, -0.25) is 19.7 Å². The summed E-state index contributed by atoms with van der Waals surface area (Å²) >= 11 is 1.32. The second kappa shape index (κ2) is 15.7. The minimum Gasteiger partial charge on any atom is -0.480 e. The fourth-order valence-electron chi connectivity index (χ4n) is 2.45. The molecule has 3 atom stereocenters. The van der Waals surface area contributed by atoms with Gasteiger partial charge in [-0.2, -0.15) is 0 Å². The molecule has 2 N–H and O–H groups in total. The number of esters is 2. The third-order valence-electron chi connectivity index (χ3n) is 3.98. The normalized spacial score (nSPS) is 14.2. The quantitative estimate of drug-likeness (QED) is 0.298. The Labute approximate surface area is 166 Å². The van der Waals surface area contributed by atoms with Crippen LogP contribution in [0.2, 0.25) is 0 Å². The van der Waals surface area contributed by atoms with Crippen molar-refractivity contribution in [2.24, 2.45) is 0 Å². The number of carboxylic acids is 1. The molecule has 27 heavy (non-hydrogen) atoms. The molecule has 0 aromatic heterocycles. The molecular formula is C19H35NO6S. The summed E-state index contributed by atoms with van der Waals surface area (Å²) in [4.78, 5) is 35.4. The molecular weight excluding hydrogens is 370 g/mol. The van der Waals surface area contributed by atoms with Crippen LogP contribution in [-0.4, -0.2) is 59.3 Å². The maximum Gasteiger partial charge on any atom is 0.324 e. The van der Waals surface area contributed by atoms with Crippen LogP contribution < -0.4 is 5.32 Å². The average molecular weight is 406 g/mol. The smallest absolute Gasteiger partial charge is 0.324 e. The first-order valence-corrected chi connectivity index (χ1v) is 10.9. The number of hydrogen-bond acceptors (Lipinski definition) is 7. The topological polar surface area (TPSA) is 102 Å². The monoisotopic (exact) mass is 405 g/mol. The number of carbonyl (C=O) groups is 3. The van der Waals surface area contributed by atoms with Crippen molar-refractivity contribution in [2.75, 3.05) is 19.0 Å². The van der Waals surface area contributed by atoms with E-state index in [9.17, 15) is 14.4 Å². The molecule has 0 aliphatic carbocycles. The first-order chi connectivity index (χ1) is 12.9. The van der Waals surface area contributed by atoms with Crippen molar-refractivity contribution in [2.45, 2.75) is 83.6 Å². The molecule has 0 aromatic carbocycles. The van der Waals surface area contributed by atoms with E-state index in [0.717, 1.165) is 25.7 Å². The Morgan fingerprint density at radius 1 is 0.963 bits per heavy atom. The molecule has 0 amide bonds. The average Bonchev–Trinajstić information content (AvgIpc) is 2.62. The van der Waals surface area contributed by atoms with Crippen LogP contribution in [0.4, 0.5) is 0 Å². The zero-order chi connectivity index (χ0) is 20.7. The highest BCUT2D eigenvalue weighted by molar-refractivity contribution is 8.00. The van der Waals surface area contributed by atoms with E-state index >= 15 is 0 Å². The predicted octanol–water partition coefficient (Wildman–Crippen LogP) is 3.01. The van der Waals surface area contributed by atoms with Gasteiger partial charge in [0.05, 0.1) is 13.2 Å². The van der Waals surface area contributed by atoms with Crippen molar-refractivity contribution < 1.29 is 29.0 Å². The van der Waals surface area contributed by atoms with E-state index in [-0.39, 0.29) is 23.6 Å². The third-order valence-corrected chi connectivity index (χ3v) is 5.33. The van der Waals surface area contributed by atoms with E-state index in [1.54, 1.807) is 13.8 Å².